The van der Waals surface area contributed by atoms with E-state index in [2.05, 4.69) is 38.8 Å². The zero-order chi connectivity index (χ0) is 10.6. The van der Waals surface area contributed by atoms with Gasteiger partial charge < -0.3 is 5.11 Å². The highest BCUT2D eigenvalue weighted by Crippen LogP contribution is 2.36. The molecule has 0 aromatic carbocycles. The fraction of sp³-hybridized carbons (Fsp3) is 0.600. The molecule has 0 fully saturated rings. The van der Waals surface area contributed by atoms with E-state index in [1.807, 2.05) is 6.07 Å². The third-order valence-electron chi connectivity index (χ3n) is 2.12. The van der Waals surface area contributed by atoms with Crippen LogP contribution in [0.2, 0.25) is 0 Å². The van der Waals surface area contributed by atoms with Gasteiger partial charge in [-0.25, -0.2) is 0 Å². The summed E-state index contributed by atoms with van der Waals surface area (Å²) in [5.41, 5.74) is 1.01. The van der Waals surface area contributed by atoms with Crippen LogP contribution >= 0.6 is 43.2 Å². The zero-order valence-electron chi connectivity index (χ0n) is 8.09. The molecule has 0 amide bonds. The van der Waals surface area contributed by atoms with Crippen molar-refractivity contribution in [1.82, 2.24) is 0 Å². The average Bonchev–Trinajstić information content (AvgIpc) is 2.45. The average molecular weight is 342 g/mol. The minimum absolute atomic E-state index is 0.321. The van der Waals surface area contributed by atoms with Crippen LogP contribution in [0.3, 0.4) is 0 Å². The number of hydrogen-bond donors (Lipinski definition) is 1. The monoisotopic (exact) mass is 340 g/mol. The fourth-order valence-electron chi connectivity index (χ4n) is 1.32. The van der Waals surface area contributed by atoms with Crippen molar-refractivity contribution in [3.05, 3.63) is 19.2 Å². The number of aliphatic hydroxyl groups is 1. The van der Waals surface area contributed by atoms with Gasteiger partial charge in [-0.15, -0.1) is 11.3 Å². The van der Waals surface area contributed by atoms with Crippen LogP contribution in [0.5, 0.6) is 0 Å². The normalized spacial score (nSPS) is 13.1. The van der Waals surface area contributed by atoms with E-state index in [1.165, 1.54) is 12.8 Å². The summed E-state index contributed by atoms with van der Waals surface area (Å²) in [6.07, 6.45) is 4.02. The van der Waals surface area contributed by atoms with E-state index < -0.39 is 0 Å². The van der Waals surface area contributed by atoms with Gasteiger partial charge in [-0.1, -0.05) is 26.2 Å². The topological polar surface area (TPSA) is 20.2 Å². The molecule has 0 radical (unpaired) electrons. The molecule has 4 heteroatoms. The summed E-state index contributed by atoms with van der Waals surface area (Å²) in [5.74, 6) is 0. The van der Waals surface area contributed by atoms with Crippen molar-refractivity contribution in [1.29, 1.82) is 0 Å². The van der Waals surface area contributed by atoms with Crippen molar-refractivity contribution >= 4 is 43.2 Å². The molecular formula is C10H14Br2OS. The van der Waals surface area contributed by atoms with Crippen molar-refractivity contribution in [2.45, 2.75) is 38.7 Å². The number of rotatable bonds is 5. The molecule has 0 saturated carbocycles. The minimum atomic E-state index is -0.321. The smallest absolute Gasteiger partial charge is 0.0809 e. The summed E-state index contributed by atoms with van der Waals surface area (Å²) < 4.78 is 2.10. The summed E-state index contributed by atoms with van der Waals surface area (Å²) in [6, 6.07) is 1.99. The van der Waals surface area contributed by atoms with Crippen molar-refractivity contribution in [2.24, 2.45) is 0 Å². The summed E-state index contributed by atoms with van der Waals surface area (Å²) >= 11 is 8.48. The van der Waals surface area contributed by atoms with Crippen molar-refractivity contribution in [3.8, 4) is 0 Å². The lowest BCUT2D eigenvalue weighted by Gasteiger charge is -2.08. The lowest BCUT2D eigenvalue weighted by Crippen LogP contribution is -1.95. The molecule has 1 heterocycles. The Bertz CT molecular complexity index is 286. The number of halogens is 2. The molecule has 1 nitrogen and oxygen atoms in total. The van der Waals surface area contributed by atoms with Crippen LogP contribution in [0.4, 0.5) is 0 Å². The summed E-state index contributed by atoms with van der Waals surface area (Å²) in [4.78, 5) is 0. The Morgan fingerprint density at radius 2 is 2.14 bits per heavy atom. The lowest BCUT2D eigenvalue weighted by molar-refractivity contribution is 0.163. The van der Waals surface area contributed by atoms with Crippen LogP contribution in [0, 0.1) is 0 Å². The van der Waals surface area contributed by atoms with Gasteiger partial charge in [-0.2, -0.15) is 0 Å². The largest absolute Gasteiger partial charge is 0.388 e. The second-order valence-corrected chi connectivity index (χ2v) is 7.04. The van der Waals surface area contributed by atoms with E-state index in [0.717, 1.165) is 26.0 Å². The van der Waals surface area contributed by atoms with E-state index >= 15 is 0 Å². The molecule has 1 unspecified atom stereocenters. The Kier molecular flexibility index (Phi) is 5.67. The molecular weight excluding hydrogens is 328 g/mol. The molecule has 0 aliphatic carbocycles. The molecule has 80 valence electrons. The predicted molar refractivity (Wildman–Crippen MR) is 68.8 cm³/mol. The molecule has 1 aromatic rings. The van der Waals surface area contributed by atoms with Gasteiger partial charge in [-0.05, 0) is 44.3 Å². The van der Waals surface area contributed by atoms with Gasteiger partial charge in [0.15, 0.2) is 0 Å². The maximum atomic E-state index is 9.90. The highest BCUT2D eigenvalue weighted by molar-refractivity contribution is 9.12. The van der Waals surface area contributed by atoms with Gasteiger partial charge in [0.25, 0.3) is 0 Å². The molecule has 1 aromatic heterocycles. The standard InChI is InChI=1S/C10H14Br2OS/c1-2-3-4-5-8(13)7-6-9(11)14-10(7)12/h6,8,13H,2-5H2,1H3. The van der Waals surface area contributed by atoms with Gasteiger partial charge in [0.2, 0.25) is 0 Å². The molecule has 14 heavy (non-hydrogen) atoms. The van der Waals surface area contributed by atoms with Gasteiger partial charge in [-0.3, -0.25) is 0 Å². The molecule has 0 bridgehead atoms. The first-order chi connectivity index (χ1) is 6.65. The van der Waals surface area contributed by atoms with Gasteiger partial charge in [0.1, 0.15) is 0 Å². The molecule has 0 aliphatic rings. The third-order valence-corrected chi connectivity index (χ3v) is 4.51. The van der Waals surface area contributed by atoms with Crippen LogP contribution in [0.15, 0.2) is 13.6 Å². The predicted octanol–water partition coefficient (Wildman–Crippen LogP) is 4.89. The number of aliphatic hydroxyl groups excluding tert-OH is 1. The zero-order valence-corrected chi connectivity index (χ0v) is 12.1. The lowest BCUT2D eigenvalue weighted by atomic mass is 10.1. The maximum Gasteiger partial charge on any atom is 0.0809 e. The van der Waals surface area contributed by atoms with E-state index in [4.69, 9.17) is 0 Å². The second kappa shape index (κ2) is 6.26. The Hall–Kier alpha value is 0.620. The molecule has 0 spiro atoms. The molecule has 1 atom stereocenters. The first kappa shape index (κ1) is 12.7. The Morgan fingerprint density at radius 1 is 1.43 bits per heavy atom. The van der Waals surface area contributed by atoms with Crippen molar-refractivity contribution < 1.29 is 5.11 Å². The van der Waals surface area contributed by atoms with E-state index in [-0.39, 0.29) is 6.10 Å². The molecule has 1 N–H and O–H groups in total. The second-order valence-electron chi connectivity index (χ2n) is 3.29. The number of unbranched alkanes of at least 4 members (excludes halogenated alkanes) is 2. The van der Waals surface area contributed by atoms with Gasteiger partial charge in [0, 0.05) is 5.56 Å². The molecule has 0 saturated heterocycles. The number of thiophene rings is 1. The Balaban J connectivity index is 2.51. The highest BCUT2D eigenvalue weighted by Gasteiger charge is 2.13. The first-order valence-corrected chi connectivity index (χ1v) is 7.18. The summed E-state index contributed by atoms with van der Waals surface area (Å²) in [7, 11) is 0. The Labute approximate surface area is 106 Å². The van der Waals surface area contributed by atoms with Gasteiger partial charge >= 0.3 is 0 Å². The third kappa shape index (κ3) is 3.65. The van der Waals surface area contributed by atoms with E-state index in [0.29, 0.717) is 0 Å². The first-order valence-electron chi connectivity index (χ1n) is 4.78. The number of hydrogen-bond acceptors (Lipinski definition) is 2. The maximum absolute atomic E-state index is 9.90. The highest BCUT2D eigenvalue weighted by atomic mass is 79.9. The van der Waals surface area contributed by atoms with Crippen molar-refractivity contribution in [3.63, 3.8) is 0 Å². The minimum Gasteiger partial charge on any atom is -0.388 e. The van der Waals surface area contributed by atoms with Crippen LogP contribution in [-0.4, -0.2) is 5.11 Å². The summed E-state index contributed by atoms with van der Waals surface area (Å²) in [6.45, 7) is 2.17. The SMILES string of the molecule is CCCCCC(O)c1cc(Br)sc1Br. The fourth-order valence-corrected chi connectivity index (χ4v) is 4.28. The van der Waals surface area contributed by atoms with E-state index in [1.54, 1.807) is 11.3 Å². The van der Waals surface area contributed by atoms with Crippen LogP contribution in [0.25, 0.3) is 0 Å². The van der Waals surface area contributed by atoms with Crippen LogP contribution in [0.1, 0.15) is 44.3 Å². The van der Waals surface area contributed by atoms with Crippen LogP contribution in [-0.2, 0) is 0 Å². The van der Waals surface area contributed by atoms with Gasteiger partial charge in [0.05, 0.1) is 13.7 Å². The molecule has 0 aliphatic heterocycles. The quantitative estimate of drug-likeness (QED) is 0.756. The van der Waals surface area contributed by atoms with E-state index in [9.17, 15) is 5.11 Å². The summed E-state index contributed by atoms with van der Waals surface area (Å²) in [5, 5.41) is 9.90. The molecule has 1 rings (SSSR count). The Morgan fingerprint density at radius 3 is 2.64 bits per heavy atom. The van der Waals surface area contributed by atoms with Crippen molar-refractivity contribution in [2.75, 3.05) is 0 Å². The van der Waals surface area contributed by atoms with Crippen LogP contribution < -0.4 is 0 Å².